The van der Waals surface area contributed by atoms with Crippen LogP contribution in [-0.4, -0.2) is 64.7 Å². The van der Waals surface area contributed by atoms with Gasteiger partial charge in [-0.2, -0.15) is 0 Å². The Bertz CT molecular complexity index is 943. The molecule has 1 aromatic heterocycles. The summed E-state index contributed by atoms with van der Waals surface area (Å²) in [5.41, 5.74) is 5.30. The van der Waals surface area contributed by atoms with Crippen molar-refractivity contribution >= 4 is 28.5 Å². The Morgan fingerprint density at radius 3 is 2.30 bits per heavy atom. The van der Waals surface area contributed by atoms with E-state index in [1.54, 1.807) is 6.33 Å². The van der Waals surface area contributed by atoms with Crippen LogP contribution in [0.1, 0.15) is 33.3 Å². The molecule has 0 aliphatic carbocycles. The van der Waals surface area contributed by atoms with Gasteiger partial charge in [-0.05, 0) is 26.8 Å². The van der Waals surface area contributed by atoms with Crippen LogP contribution in [0.5, 0.6) is 0 Å². The first-order valence-corrected chi connectivity index (χ1v) is 10.4. The summed E-state index contributed by atoms with van der Waals surface area (Å²) in [7, 11) is 3.93. The molecule has 7 nitrogen and oxygen atoms in total. The van der Waals surface area contributed by atoms with E-state index in [0.29, 0.717) is 13.1 Å². The van der Waals surface area contributed by atoms with Crippen LogP contribution in [0.15, 0.2) is 36.8 Å². The van der Waals surface area contributed by atoms with Crippen LogP contribution < -0.4 is 24.2 Å². The van der Waals surface area contributed by atoms with Gasteiger partial charge in [0.25, 0.3) is 0 Å². The van der Waals surface area contributed by atoms with Gasteiger partial charge in [-0.1, -0.05) is 25.6 Å². The van der Waals surface area contributed by atoms with Crippen LogP contribution in [0.25, 0.3) is 16.6 Å². The summed E-state index contributed by atoms with van der Waals surface area (Å²) in [6, 6.07) is 6.07. The number of rotatable bonds is 6. The van der Waals surface area contributed by atoms with E-state index in [1.807, 2.05) is 64.9 Å². The van der Waals surface area contributed by atoms with Gasteiger partial charge >= 0.3 is 25.0 Å². The van der Waals surface area contributed by atoms with Crippen LogP contribution in [-0.2, 0) is 4.74 Å². The van der Waals surface area contributed by atoms with Gasteiger partial charge in [0.2, 0.25) is 0 Å². The predicted molar refractivity (Wildman–Crippen MR) is 133 cm³/mol. The van der Waals surface area contributed by atoms with E-state index in [1.165, 1.54) is 4.90 Å². The predicted octanol–water partition coefficient (Wildman–Crippen LogP) is 1.85. The Morgan fingerprint density at radius 2 is 1.85 bits per heavy atom. The molecule has 2 aromatic rings. The van der Waals surface area contributed by atoms with Crippen molar-refractivity contribution in [2.45, 2.75) is 39.3 Å². The van der Waals surface area contributed by atoms with Gasteiger partial charge in [0.15, 0.2) is 0 Å². The topological polar surface area (TPSA) is 70.6 Å². The fraction of sp³-hybridized carbons (Fsp3) is 0.400. The van der Waals surface area contributed by atoms with Crippen molar-refractivity contribution in [1.29, 1.82) is 0 Å². The van der Waals surface area contributed by atoms with Crippen molar-refractivity contribution in [3.8, 4) is 0 Å². The zero-order valence-electron chi connectivity index (χ0n) is 21.2. The smallest absolute Gasteiger partial charge is 0.444 e. The summed E-state index contributed by atoms with van der Waals surface area (Å²) in [6.45, 7) is 23.1. The fourth-order valence-corrected chi connectivity index (χ4v) is 2.74. The molecule has 2 rings (SSSR count). The standard InChI is InChI=1S/C16H19N4.C9H17NO2.Li/c1-6-14(20(4)5)12-8-7-9-13-15(12)17-10-18-16(13)19-11(2)3;1-6-10(7-2)8(11)12-9(3,4)5;/h7-11H,1-2H2,3-5H3,(H,17,18,19);1-2,6-7H2,3-5H3;/q-1;-2;+1/t11-;;/m1../s1. The van der Waals surface area contributed by atoms with E-state index >= 15 is 0 Å². The van der Waals surface area contributed by atoms with Crippen molar-refractivity contribution in [3.05, 3.63) is 63.2 Å². The summed E-state index contributed by atoms with van der Waals surface area (Å²) in [4.78, 5) is 23.4. The maximum atomic E-state index is 11.2. The van der Waals surface area contributed by atoms with Crippen molar-refractivity contribution in [1.82, 2.24) is 19.8 Å². The van der Waals surface area contributed by atoms with Gasteiger partial charge in [0.05, 0.1) is 11.2 Å². The third kappa shape index (κ3) is 9.51. The normalized spacial score (nSPS) is 11.2. The van der Waals surface area contributed by atoms with E-state index in [9.17, 15) is 4.79 Å². The Labute approximate surface area is 211 Å². The number of anilines is 1. The Balaban J connectivity index is 0.000000685. The van der Waals surface area contributed by atoms with Crippen molar-refractivity contribution < 1.29 is 28.4 Å². The molecule has 0 radical (unpaired) electrons. The maximum absolute atomic E-state index is 11.2. The molecule has 1 N–H and O–H groups in total. The minimum Gasteiger partial charge on any atom is -0.444 e. The first-order valence-electron chi connectivity index (χ1n) is 10.4. The molecule has 0 aliphatic heterocycles. The molecule has 1 heterocycles. The van der Waals surface area contributed by atoms with Crippen LogP contribution in [0.3, 0.4) is 0 Å². The Kier molecular flexibility index (Phi) is 12.9. The molecule has 0 fully saturated rings. The molecule has 0 saturated carbocycles. The van der Waals surface area contributed by atoms with Crippen molar-refractivity contribution in [2.24, 2.45) is 0 Å². The number of ether oxygens (including phenoxy) is 1. The molecule has 176 valence electrons. The van der Waals surface area contributed by atoms with Gasteiger partial charge in [0.1, 0.15) is 17.7 Å². The summed E-state index contributed by atoms with van der Waals surface area (Å²) in [6.07, 6.45) is 1.21. The molecule has 1 atom stereocenters. The number of fused-ring (bicyclic) bond motifs is 1. The van der Waals surface area contributed by atoms with Gasteiger partial charge in [-0.25, -0.2) is 14.8 Å². The van der Waals surface area contributed by atoms with Gasteiger partial charge < -0.3 is 40.6 Å². The molecule has 0 bridgehead atoms. The van der Waals surface area contributed by atoms with Gasteiger partial charge in [-0.3, -0.25) is 0 Å². The molecule has 1 amide bonds. The molecule has 33 heavy (non-hydrogen) atoms. The molecule has 0 unspecified atom stereocenters. The first-order chi connectivity index (χ1) is 14.9. The molecule has 0 aliphatic rings. The number of hydrogen-bond donors (Lipinski definition) is 1. The van der Waals surface area contributed by atoms with Crippen molar-refractivity contribution in [2.75, 3.05) is 32.5 Å². The number of aromatic nitrogens is 2. The second-order valence-corrected chi connectivity index (χ2v) is 8.36. The minimum atomic E-state index is -0.445. The average Bonchev–Trinajstić information content (AvgIpc) is 2.68. The monoisotopic (exact) mass is 445 g/mol. The molecule has 0 saturated heterocycles. The third-order valence-electron chi connectivity index (χ3n) is 4.11. The molecular weight excluding hydrogens is 409 g/mol. The zero-order chi connectivity index (χ0) is 24.5. The first kappa shape index (κ1) is 30.5. The van der Waals surface area contributed by atoms with E-state index in [4.69, 9.17) is 4.74 Å². The minimum absolute atomic E-state index is 0. The van der Waals surface area contributed by atoms with E-state index in [0.717, 1.165) is 28.0 Å². The average molecular weight is 446 g/mol. The number of amides is 1. The second-order valence-electron chi connectivity index (χ2n) is 8.36. The zero-order valence-corrected chi connectivity index (χ0v) is 21.2. The fourth-order valence-electron chi connectivity index (χ4n) is 2.74. The number of nitrogens with zero attached hydrogens (tertiary/aromatic N) is 4. The maximum Gasteiger partial charge on any atom is 1.00 e. The molecule has 1 aromatic carbocycles. The van der Waals surface area contributed by atoms with Gasteiger partial charge in [-0.15, -0.1) is 24.9 Å². The Hall–Kier alpha value is -2.45. The molecular formula is C25H36LiN5O2-2. The largest absolute Gasteiger partial charge is 1.00 e. The third-order valence-corrected chi connectivity index (χ3v) is 4.11. The number of hydrogen-bond acceptors (Lipinski definition) is 6. The number of benzene rings is 1. The molecule has 0 spiro atoms. The summed E-state index contributed by atoms with van der Waals surface area (Å²) in [5.74, 6) is 0.793. The number of para-hydroxylation sites is 1. The summed E-state index contributed by atoms with van der Waals surface area (Å²) < 4.78 is 5.09. The van der Waals surface area contributed by atoms with E-state index in [2.05, 4.69) is 48.4 Å². The van der Waals surface area contributed by atoms with E-state index < -0.39 is 5.60 Å². The van der Waals surface area contributed by atoms with Gasteiger partial charge in [0, 0.05) is 25.0 Å². The second kappa shape index (κ2) is 13.9. The number of carbonyl (C=O) groups is 1. The Morgan fingerprint density at radius 1 is 1.24 bits per heavy atom. The van der Waals surface area contributed by atoms with Crippen LogP contribution in [0.4, 0.5) is 10.6 Å². The van der Waals surface area contributed by atoms with Crippen molar-refractivity contribution in [3.63, 3.8) is 0 Å². The molecule has 8 heteroatoms. The van der Waals surface area contributed by atoms with Crippen LogP contribution in [0, 0.1) is 20.8 Å². The number of carbonyl (C=O) groups excluding carboxylic acids is 1. The summed E-state index contributed by atoms with van der Waals surface area (Å²) >= 11 is 0. The van der Waals surface area contributed by atoms with Crippen LogP contribution in [0.2, 0.25) is 0 Å². The number of nitrogens with one attached hydrogen (secondary N) is 1. The van der Waals surface area contributed by atoms with Crippen LogP contribution >= 0.6 is 0 Å². The van der Waals surface area contributed by atoms with E-state index in [-0.39, 0.29) is 31.0 Å². The quantitative estimate of drug-likeness (QED) is 0.416. The summed E-state index contributed by atoms with van der Waals surface area (Å²) in [5, 5.41) is 4.21. The SMILES string of the molecule is C=C=C(c1cccc2c(N[C@H]([CH2-])C)ncnc12)N(C)C.[CH2-]CN(C[CH2-])C(=O)OC(C)(C)C.[Li+].